The predicted octanol–water partition coefficient (Wildman–Crippen LogP) is 1.86. The Morgan fingerprint density at radius 3 is 2.95 bits per heavy atom. The van der Waals surface area contributed by atoms with Crippen LogP contribution >= 0.6 is 11.6 Å². The first-order valence-electron chi connectivity index (χ1n) is 7.60. The highest BCUT2D eigenvalue weighted by atomic mass is 35.5. The molecule has 1 aliphatic rings. The maximum absolute atomic E-state index is 12.3. The number of urea groups is 1. The lowest BCUT2D eigenvalue weighted by Crippen LogP contribution is -2.55. The number of amides is 2. The average molecular weight is 326 g/mol. The predicted molar refractivity (Wildman–Crippen MR) is 88.1 cm³/mol. The van der Waals surface area contributed by atoms with Gasteiger partial charge < -0.3 is 15.3 Å². The number of aliphatic hydroxyl groups excluding tert-OH is 1. The molecule has 1 fully saturated rings. The second-order valence-electron chi connectivity index (χ2n) is 5.78. The number of likely N-dealkylation sites (N-methyl/N-ethyl adjacent to an activating group) is 1. The van der Waals surface area contributed by atoms with Gasteiger partial charge in [-0.3, -0.25) is 4.90 Å². The molecular formula is C16H24ClN3O2. The molecule has 0 saturated carbocycles. The zero-order chi connectivity index (χ0) is 16.1. The van der Waals surface area contributed by atoms with Gasteiger partial charge in [0, 0.05) is 43.9 Å². The van der Waals surface area contributed by atoms with E-state index in [1.54, 1.807) is 0 Å². The quantitative estimate of drug-likeness (QED) is 0.888. The van der Waals surface area contributed by atoms with Gasteiger partial charge in [0.25, 0.3) is 0 Å². The third kappa shape index (κ3) is 4.12. The summed E-state index contributed by atoms with van der Waals surface area (Å²) in [5.41, 5.74) is 2.03. The van der Waals surface area contributed by atoms with Crippen molar-refractivity contribution in [2.24, 2.45) is 0 Å². The molecule has 0 aromatic heterocycles. The van der Waals surface area contributed by atoms with Crippen LogP contribution in [0.15, 0.2) is 18.2 Å². The van der Waals surface area contributed by atoms with E-state index in [1.807, 2.05) is 37.1 Å². The zero-order valence-electron chi connectivity index (χ0n) is 13.2. The van der Waals surface area contributed by atoms with E-state index >= 15 is 0 Å². The molecule has 2 rings (SSSR count). The lowest BCUT2D eigenvalue weighted by molar-refractivity contribution is 0.0926. The monoisotopic (exact) mass is 325 g/mol. The standard InChI is InChI=1S/C16H24ClN3O2/c1-12-13(4-3-5-15(12)17)10-18-16(22)20-8-7-19(2)14(11-20)6-9-21/h3-5,14,21H,6-11H2,1-2H3,(H,18,22)/t14-/m0/s1. The number of hydrogen-bond acceptors (Lipinski definition) is 3. The van der Waals surface area contributed by atoms with Gasteiger partial charge in [-0.2, -0.15) is 0 Å². The minimum absolute atomic E-state index is 0.0598. The minimum atomic E-state index is -0.0598. The van der Waals surface area contributed by atoms with Gasteiger partial charge in [0.05, 0.1) is 0 Å². The Bertz CT molecular complexity index is 524. The number of carbonyl (C=O) groups excluding carboxylic acids is 1. The lowest BCUT2D eigenvalue weighted by atomic mass is 10.1. The number of nitrogens with one attached hydrogen (secondary N) is 1. The zero-order valence-corrected chi connectivity index (χ0v) is 13.9. The summed E-state index contributed by atoms with van der Waals surface area (Å²) < 4.78 is 0. The number of carbonyl (C=O) groups is 1. The fraction of sp³-hybridized carbons (Fsp3) is 0.562. The average Bonchev–Trinajstić information content (AvgIpc) is 2.51. The van der Waals surface area contributed by atoms with Crippen LogP contribution in [0.1, 0.15) is 17.5 Å². The number of rotatable bonds is 4. The summed E-state index contributed by atoms with van der Waals surface area (Å²) >= 11 is 6.10. The molecule has 0 unspecified atom stereocenters. The van der Waals surface area contributed by atoms with Crippen LogP contribution in [0.2, 0.25) is 5.02 Å². The van der Waals surface area contributed by atoms with Crippen molar-refractivity contribution in [2.45, 2.75) is 25.9 Å². The molecule has 6 heteroatoms. The van der Waals surface area contributed by atoms with Gasteiger partial charge in [0.2, 0.25) is 0 Å². The van der Waals surface area contributed by atoms with Crippen LogP contribution in [0.4, 0.5) is 4.79 Å². The molecule has 22 heavy (non-hydrogen) atoms. The summed E-state index contributed by atoms with van der Waals surface area (Å²) in [6.45, 7) is 4.76. The van der Waals surface area contributed by atoms with E-state index in [0.717, 1.165) is 17.7 Å². The second-order valence-corrected chi connectivity index (χ2v) is 6.18. The van der Waals surface area contributed by atoms with Crippen LogP contribution in [0.25, 0.3) is 0 Å². The molecule has 1 saturated heterocycles. The van der Waals surface area contributed by atoms with Crippen LogP contribution < -0.4 is 5.32 Å². The Kier molecular flexibility index (Phi) is 6.06. The number of aliphatic hydroxyl groups is 1. The molecule has 1 aliphatic heterocycles. The first-order chi connectivity index (χ1) is 10.5. The van der Waals surface area contributed by atoms with E-state index in [9.17, 15) is 4.79 Å². The van der Waals surface area contributed by atoms with Gasteiger partial charge in [0.1, 0.15) is 0 Å². The van der Waals surface area contributed by atoms with Crippen molar-refractivity contribution in [3.63, 3.8) is 0 Å². The van der Waals surface area contributed by atoms with E-state index in [-0.39, 0.29) is 18.7 Å². The fourth-order valence-electron chi connectivity index (χ4n) is 2.72. The molecule has 0 aliphatic carbocycles. The largest absolute Gasteiger partial charge is 0.396 e. The molecule has 0 spiro atoms. The highest BCUT2D eigenvalue weighted by Gasteiger charge is 2.26. The van der Waals surface area contributed by atoms with Gasteiger partial charge in [0.15, 0.2) is 0 Å². The number of benzene rings is 1. The van der Waals surface area contributed by atoms with E-state index in [1.165, 1.54) is 0 Å². The van der Waals surface area contributed by atoms with Crippen molar-refractivity contribution in [3.8, 4) is 0 Å². The van der Waals surface area contributed by atoms with Gasteiger partial charge in [-0.05, 0) is 37.6 Å². The molecule has 1 atom stereocenters. The van der Waals surface area contributed by atoms with Crippen LogP contribution in [-0.4, -0.2) is 60.3 Å². The van der Waals surface area contributed by atoms with Crippen LogP contribution in [0.3, 0.4) is 0 Å². The molecule has 0 bridgehead atoms. The van der Waals surface area contributed by atoms with Crippen molar-refractivity contribution >= 4 is 17.6 Å². The summed E-state index contributed by atoms with van der Waals surface area (Å²) in [6.07, 6.45) is 0.688. The molecule has 0 radical (unpaired) electrons. The Morgan fingerprint density at radius 2 is 2.23 bits per heavy atom. The molecule has 1 heterocycles. The van der Waals surface area contributed by atoms with E-state index in [4.69, 9.17) is 16.7 Å². The summed E-state index contributed by atoms with van der Waals surface area (Å²) in [5.74, 6) is 0. The normalized spacial score (nSPS) is 19.3. The van der Waals surface area contributed by atoms with Gasteiger partial charge in [-0.25, -0.2) is 4.79 Å². The SMILES string of the molecule is Cc1c(Cl)cccc1CNC(=O)N1CCN(C)[C@@H](CCO)C1. The van der Waals surface area contributed by atoms with E-state index in [2.05, 4.69) is 10.2 Å². The smallest absolute Gasteiger partial charge is 0.317 e. The Labute approximate surface area is 136 Å². The molecule has 1 aromatic carbocycles. The highest BCUT2D eigenvalue weighted by Crippen LogP contribution is 2.18. The fourth-order valence-corrected chi connectivity index (χ4v) is 2.91. The molecule has 122 valence electrons. The lowest BCUT2D eigenvalue weighted by Gasteiger charge is -2.39. The van der Waals surface area contributed by atoms with Gasteiger partial charge >= 0.3 is 6.03 Å². The minimum Gasteiger partial charge on any atom is -0.396 e. The first kappa shape index (κ1) is 17.1. The third-order valence-corrected chi connectivity index (χ3v) is 4.75. The summed E-state index contributed by atoms with van der Waals surface area (Å²) in [4.78, 5) is 16.3. The maximum atomic E-state index is 12.3. The number of nitrogens with zero attached hydrogens (tertiary/aromatic N) is 2. The van der Waals surface area contributed by atoms with Crippen molar-refractivity contribution in [3.05, 3.63) is 34.3 Å². The molecule has 2 amide bonds. The van der Waals surface area contributed by atoms with Crippen molar-refractivity contribution < 1.29 is 9.90 Å². The Hall–Kier alpha value is -1.30. The van der Waals surface area contributed by atoms with Gasteiger partial charge in [-0.1, -0.05) is 23.7 Å². The summed E-state index contributed by atoms with van der Waals surface area (Å²) in [7, 11) is 2.03. The topological polar surface area (TPSA) is 55.8 Å². The number of halogens is 1. The number of piperazine rings is 1. The Balaban J connectivity index is 1.90. The molecular weight excluding hydrogens is 302 g/mol. The van der Waals surface area contributed by atoms with Crippen LogP contribution in [0, 0.1) is 6.92 Å². The molecule has 2 N–H and O–H groups in total. The van der Waals surface area contributed by atoms with Crippen molar-refractivity contribution in [2.75, 3.05) is 33.3 Å². The van der Waals surface area contributed by atoms with E-state index in [0.29, 0.717) is 31.1 Å². The Morgan fingerprint density at radius 1 is 1.45 bits per heavy atom. The second kappa shape index (κ2) is 7.81. The van der Waals surface area contributed by atoms with E-state index < -0.39 is 0 Å². The summed E-state index contributed by atoms with van der Waals surface area (Å²) in [5, 5.41) is 12.8. The molecule has 5 nitrogen and oxygen atoms in total. The van der Waals surface area contributed by atoms with Crippen LogP contribution in [-0.2, 0) is 6.54 Å². The van der Waals surface area contributed by atoms with Crippen molar-refractivity contribution in [1.29, 1.82) is 0 Å². The summed E-state index contributed by atoms with van der Waals surface area (Å²) in [6, 6.07) is 5.87. The maximum Gasteiger partial charge on any atom is 0.317 e. The third-order valence-electron chi connectivity index (χ3n) is 4.34. The number of hydrogen-bond donors (Lipinski definition) is 2. The molecule has 1 aromatic rings. The van der Waals surface area contributed by atoms with Crippen molar-refractivity contribution in [1.82, 2.24) is 15.1 Å². The first-order valence-corrected chi connectivity index (χ1v) is 7.98. The highest BCUT2D eigenvalue weighted by molar-refractivity contribution is 6.31. The van der Waals surface area contributed by atoms with Crippen LogP contribution in [0.5, 0.6) is 0 Å². The van der Waals surface area contributed by atoms with Gasteiger partial charge in [-0.15, -0.1) is 0 Å².